The molecule has 0 aliphatic rings. The summed E-state index contributed by atoms with van der Waals surface area (Å²) in [4.78, 5) is 0. The first-order valence-corrected chi connectivity index (χ1v) is 8.10. The Morgan fingerprint density at radius 2 is 1.88 bits per heavy atom. The summed E-state index contributed by atoms with van der Waals surface area (Å²) in [5.41, 5.74) is -0.272. The van der Waals surface area contributed by atoms with Crippen LogP contribution in [0.1, 0.15) is 40.5 Å². The molecule has 0 saturated carbocycles. The summed E-state index contributed by atoms with van der Waals surface area (Å²) >= 11 is 0. The topological polar surface area (TPSA) is 55.4 Å². The minimum absolute atomic E-state index is 0.185. The first-order chi connectivity index (χ1) is 7.79. The maximum Gasteiger partial charge on any atom is 0.150 e. The molecule has 1 atom stereocenters. The molecule has 0 saturated heterocycles. The molecule has 0 fully saturated rings. The molecule has 1 unspecified atom stereocenters. The zero-order chi connectivity index (χ0) is 13.5. The summed E-state index contributed by atoms with van der Waals surface area (Å²) in [6.45, 7) is 8.64. The van der Waals surface area contributed by atoms with Crippen molar-refractivity contribution in [3.05, 3.63) is 0 Å². The Kier molecular flexibility index (Phi) is 7.28. The Balaban J connectivity index is 4.29. The van der Waals surface area contributed by atoms with Crippen molar-refractivity contribution >= 4 is 9.84 Å². The normalized spacial score (nSPS) is 14.9. The van der Waals surface area contributed by atoms with Gasteiger partial charge in [0.1, 0.15) is 9.84 Å². The Bertz CT molecular complexity index is 299. The Hall–Kier alpha value is -0.130. The number of methoxy groups -OCH3 is 1. The average Bonchev–Trinajstić information content (AvgIpc) is 2.28. The molecule has 0 rings (SSSR count). The number of hydrogen-bond acceptors (Lipinski definition) is 4. The standard InChI is InChI=1S/C12H27NO3S/c1-6-13-11(12(3,4)16-5)9-8-10-17(14,15)7-2/h11,13H,6-10H2,1-5H3. The average molecular weight is 265 g/mol. The highest BCUT2D eigenvalue weighted by Gasteiger charge is 2.28. The molecule has 4 nitrogen and oxygen atoms in total. The summed E-state index contributed by atoms with van der Waals surface area (Å²) in [6, 6.07) is 0.185. The van der Waals surface area contributed by atoms with Gasteiger partial charge in [-0.3, -0.25) is 0 Å². The predicted molar refractivity (Wildman–Crippen MR) is 72.1 cm³/mol. The minimum Gasteiger partial charge on any atom is -0.377 e. The fourth-order valence-corrected chi connectivity index (χ4v) is 2.63. The molecule has 1 N–H and O–H groups in total. The third-order valence-corrected chi connectivity index (χ3v) is 4.99. The van der Waals surface area contributed by atoms with Gasteiger partial charge >= 0.3 is 0 Å². The maximum absolute atomic E-state index is 11.4. The lowest BCUT2D eigenvalue weighted by Gasteiger charge is -2.33. The fourth-order valence-electron chi connectivity index (χ4n) is 1.74. The number of sulfone groups is 1. The highest BCUT2D eigenvalue weighted by atomic mass is 32.2. The van der Waals surface area contributed by atoms with Crippen LogP contribution < -0.4 is 5.32 Å². The van der Waals surface area contributed by atoms with Crippen LogP contribution in [-0.2, 0) is 14.6 Å². The molecule has 0 aromatic rings. The number of hydrogen-bond donors (Lipinski definition) is 1. The molecule has 0 aliphatic heterocycles. The van der Waals surface area contributed by atoms with Gasteiger partial charge in [0.15, 0.2) is 0 Å². The number of likely N-dealkylation sites (N-methyl/N-ethyl adjacent to an activating group) is 1. The van der Waals surface area contributed by atoms with Gasteiger partial charge in [-0.15, -0.1) is 0 Å². The van der Waals surface area contributed by atoms with Gasteiger partial charge in [0.25, 0.3) is 0 Å². The quantitative estimate of drug-likeness (QED) is 0.688. The first kappa shape index (κ1) is 16.9. The molecule has 5 heteroatoms. The molecular formula is C12H27NO3S. The molecule has 0 heterocycles. The van der Waals surface area contributed by atoms with Crippen LogP contribution in [0.5, 0.6) is 0 Å². The molecule has 0 bridgehead atoms. The van der Waals surface area contributed by atoms with Crippen molar-refractivity contribution < 1.29 is 13.2 Å². The van der Waals surface area contributed by atoms with Gasteiger partial charge in [-0.25, -0.2) is 8.42 Å². The second-order valence-corrected chi connectivity index (χ2v) is 7.27. The van der Waals surface area contributed by atoms with E-state index in [-0.39, 0.29) is 23.1 Å². The lowest BCUT2D eigenvalue weighted by Crippen LogP contribution is -2.48. The number of nitrogens with one attached hydrogen (secondary N) is 1. The molecule has 0 spiro atoms. The lowest BCUT2D eigenvalue weighted by molar-refractivity contribution is -0.0122. The van der Waals surface area contributed by atoms with Crippen LogP contribution >= 0.6 is 0 Å². The van der Waals surface area contributed by atoms with Gasteiger partial charge in [0.2, 0.25) is 0 Å². The van der Waals surface area contributed by atoms with Gasteiger partial charge < -0.3 is 10.1 Å². The van der Waals surface area contributed by atoms with E-state index in [1.54, 1.807) is 14.0 Å². The summed E-state index contributed by atoms with van der Waals surface area (Å²) in [5, 5.41) is 3.36. The van der Waals surface area contributed by atoms with Gasteiger partial charge in [-0.2, -0.15) is 0 Å². The highest BCUT2D eigenvalue weighted by Crippen LogP contribution is 2.18. The monoisotopic (exact) mass is 265 g/mol. The van der Waals surface area contributed by atoms with Crippen LogP contribution in [0, 0.1) is 0 Å². The van der Waals surface area contributed by atoms with Crippen LogP contribution in [-0.4, -0.2) is 45.2 Å². The SMILES string of the molecule is CCNC(CCCS(=O)(=O)CC)C(C)(C)OC. The van der Waals surface area contributed by atoms with E-state index in [9.17, 15) is 8.42 Å². The summed E-state index contributed by atoms with van der Waals surface area (Å²) in [5.74, 6) is 0.498. The van der Waals surface area contributed by atoms with E-state index in [4.69, 9.17) is 4.74 Å². The summed E-state index contributed by atoms with van der Waals surface area (Å²) < 4.78 is 28.3. The van der Waals surface area contributed by atoms with Crippen LogP contribution in [0.3, 0.4) is 0 Å². The zero-order valence-electron chi connectivity index (χ0n) is 11.7. The summed E-state index contributed by atoms with van der Waals surface area (Å²) in [7, 11) is -1.16. The molecule has 0 aromatic heterocycles. The number of rotatable bonds is 9. The van der Waals surface area contributed by atoms with Crippen molar-refractivity contribution in [2.45, 2.75) is 52.2 Å². The van der Waals surface area contributed by atoms with Gasteiger partial charge in [-0.05, 0) is 33.2 Å². The van der Waals surface area contributed by atoms with Crippen molar-refractivity contribution in [1.29, 1.82) is 0 Å². The van der Waals surface area contributed by atoms with Crippen LogP contribution in [0.4, 0.5) is 0 Å². The van der Waals surface area contributed by atoms with Crippen LogP contribution in [0.15, 0.2) is 0 Å². The van der Waals surface area contributed by atoms with Gasteiger partial charge in [0.05, 0.1) is 11.4 Å². The lowest BCUT2D eigenvalue weighted by atomic mass is 9.94. The summed E-state index contributed by atoms with van der Waals surface area (Å²) in [6.07, 6.45) is 1.49. The third kappa shape index (κ3) is 6.38. The van der Waals surface area contributed by atoms with E-state index in [0.29, 0.717) is 6.42 Å². The van der Waals surface area contributed by atoms with E-state index in [2.05, 4.69) is 5.32 Å². The minimum atomic E-state index is -2.85. The van der Waals surface area contributed by atoms with Gasteiger partial charge in [0, 0.05) is 18.9 Å². The second kappa shape index (κ2) is 7.34. The smallest absolute Gasteiger partial charge is 0.150 e. The molecule has 0 aliphatic carbocycles. The molecular weight excluding hydrogens is 238 g/mol. The van der Waals surface area contributed by atoms with Crippen LogP contribution in [0.25, 0.3) is 0 Å². The molecule has 0 radical (unpaired) electrons. The first-order valence-electron chi connectivity index (χ1n) is 6.28. The van der Waals surface area contributed by atoms with Crippen molar-refractivity contribution in [2.75, 3.05) is 25.2 Å². The molecule has 104 valence electrons. The van der Waals surface area contributed by atoms with E-state index in [0.717, 1.165) is 13.0 Å². The molecule has 0 aromatic carbocycles. The van der Waals surface area contributed by atoms with Crippen molar-refractivity contribution in [3.63, 3.8) is 0 Å². The zero-order valence-corrected chi connectivity index (χ0v) is 12.6. The maximum atomic E-state index is 11.4. The van der Waals surface area contributed by atoms with E-state index in [1.807, 2.05) is 20.8 Å². The van der Waals surface area contributed by atoms with Crippen molar-refractivity contribution in [1.82, 2.24) is 5.32 Å². The van der Waals surface area contributed by atoms with Crippen molar-refractivity contribution in [3.8, 4) is 0 Å². The Morgan fingerprint density at radius 3 is 2.29 bits per heavy atom. The number of ether oxygens (including phenoxy) is 1. The Morgan fingerprint density at radius 1 is 1.29 bits per heavy atom. The predicted octanol–water partition coefficient (Wildman–Crippen LogP) is 1.60. The molecule has 17 heavy (non-hydrogen) atoms. The van der Waals surface area contributed by atoms with Gasteiger partial charge in [-0.1, -0.05) is 13.8 Å². The highest BCUT2D eigenvalue weighted by molar-refractivity contribution is 7.91. The molecule has 0 amide bonds. The second-order valence-electron chi connectivity index (χ2n) is 4.80. The fraction of sp³-hybridized carbons (Fsp3) is 1.00. The van der Waals surface area contributed by atoms with E-state index >= 15 is 0 Å². The third-order valence-electron chi connectivity index (χ3n) is 3.20. The van der Waals surface area contributed by atoms with Crippen LogP contribution in [0.2, 0.25) is 0 Å². The Labute approximate surface area is 106 Å². The van der Waals surface area contributed by atoms with E-state index in [1.165, 1.54) is 0 Å². The largest absolute Gasteiger partial charge is 0.377 e. The van der Waals surface area contributed by atoms with Crippen molar-refractivity contribution in [2.24, 2.45) is 0 Å². The van der Waals surface area contributed by atoms with E-state index < -0.39 is 9.84 Å².